The number of hydrogen-bond acceptors (Lipinski definition) is 4. The van der Waals surface area contributed by atoms with Gasteiger partial charge >= 0.3 is 0 Å². The van der Waals surface area contributed by atoms with Gasteiger partial charge in [0.1, 0.15) is 16.3 Å². The van der Waals surface area contributed by atoms with Crippen LogP contribution in [0, 0.1) is 5.82 Å². The van der Waals surface area contributed by atoms with Crippen molar-refractivity contribution in [2.75, 3.05) is 20.4 Å². The monoisotopic (exact) mass is 337 g/mol. The Labute approximate surface area is 133 Å². The molecule has 0 saturated carbocycles. The molecule has 0 radical (unpaired) electrons. The van der Waals surface area contributed by atoms with Crippen LogP contribution < -0.4 is 9.46 Å². The standard InChI is InChI=1S/C14H21ClFNO3S/c1-14(2,3)21(18)17-8-7-10-12(20-9-19-4)6-5-11(16)13(10)15/h5-6,17H,7-9H2,1-4H3. The summed E-state index contributed by atoms with van der Waals surface area (Å²) >= 11 is 4.80. The van der Waals surface area contributed by atoms with Crippen molar-refractivity contribution in [3.05, 3.63) is 28.5 Å². The van der Waals surface area contributed by atoms with Gasteiger partial charge in [-0.1, -0.05) is 11.6 Å². The lowest BCUT2D eigenvalue weighted by molar-refractivity contribution is 0.0504. The molecule has 0 amide bonds. The molecule has 1 aromatic carbocycles. The van der Waals surface area contributed by atoms with E-state index in [2.05, 4.69) is 4.72 Å². The van der Waals surface area contributed by atoms with Gasteiger partial charge in [0.15, 0.2) is 6.79 Å². The molecule has 0 fully saturated rings. The van der Waals surface area contributed by atoms with Gasteiger partial charge < -0.3 is 14.0 Å². The molecule has 4 nitrogen and oxygen atoms in total. The molecule has 120 valence electrons. The molecule has 1 unspecified atom stereocenters. The molecular weight excluding hydrogens is 317 g/mol. The van der Waals surface area contributed by atoms with Gasteiger partial charge in [0.25, 0.3) is 0 Å². The quantitative estimate of drug-likeness (QED) is 0.613. The Morgan fingerprint density at radius 2 is 2.05 bits per heavy atom. The molecule has 1 aromatic rings. The van der Waals surface area contributed by atoms with Gasteiger partial charge in [-0.2, -0.15) is 0 Å². The van der Waals surface area contributed by atoms with Crippen LogP contribution in [0.4, 0.5) is 4.39 Å². The summed E-state index contributed by atoms with van der Waals surface area (Å²) < 4.78 is 38.2. The maximum atomic E-state index is 13.6. The molecule has 0 spiro atoms. The van der Waals surface area contributed by atoms with Crippen molar-refractivity contribution >= 4 is 23.0 Å². The summed E-state index contributed by atoms with van der Waals surface area (Å²) in [5, 5.41) is 0.0203. The lowest BCUT2D eigenvalue weighted by Crippen LogP contribution is -2.40. The van der Waals surface area contributed by atoms with Gasteiger partial charge in [-0.05, 0) is 39.3 Å². The Kier molecular flexibility index (Phi) is 7.23. The van der Waals surface area contributed by atoms with E-state index in [4.69, 9.17) is 21.1 Å². The van der Waals surface area contributed by atoms with Crippen molar-refractivity contribution in [2.24, 2.45) is 0 Å². The SMILES string of the molecule is COCOc1ccc(F)c(Cl)c1CCN[S+]([O-])C(C)(C)C. The van der Waals surface area contributed by atoms with Crippen LogP contribution in [0.1, 0.15) is 26.3 Å². The van der Waals surface area contributed by atoms with E-state index in [1.54, 1.807) is 0 Å². The molecule has 0 aliphatic rings. The molecule has 21 heavy (non-hydrogen) atoms. The molecule has 7 heteroatoms. The molecule has 1 atom stereocenters. The zero-order chi connectivity index (χ0) is 16.0. The van der Waals surface area contributed by atoms with Crippen LogP contribution >= 0.6 is 11.6 Å². The zero-order valence-electron chi connectivity index (χ0n) is 12.7. The van der Waals surface area contributed by atoms with E-state index >= 15 is 0 Å². The van der Waals surface area contributed by atoms with Crippen LogP contribution in [-0.4, -0.2) is 29.7 Å². The predicted molar refractivity (Wildman–Crippen MR) is 83.5 cm³/mol. The Bertz CT molecular complexity index is 468. The van der Waals surface area contributed by atoms with Crippen molar-refractivity contribution in [3.63, 3.8) is 0 Å². The second kappa shape index (κ2) is 8.19. The molecule has 0 aliphatic carbocycles. The number of benzene rings is 1. The Morgan fingerprint density at radius 1 is 1.38 bits per heavy atom. The van der Waals surface area contributed by atoms with Crippen LogP contribution in [0.2, 0.25) is 5.02 Å². The summed E-state index contributed by atoms with van der Waals surface area (Å²) in [7, 11) is 1.50. The molecule has 0 bridgehead atoms. The van der Waals surface area contributed by atoms with Crippen molar-refractivity contribution in [1.82, 2.24) is 4.72 Å². The van der Waals surface area contributed by atoms with Crippen LogP contribution in [0.15, 0.2) is 12.1 Å². The smallest absolute Gasteiger partial charge is 0.188 e. The number of rotatable bonds is 7. The first-order chi connectivity index (χ1) is 9.77. The maximum absolute atomic E-state index is 13.6. The highest BCUT2D eigenvalue weighted by Crippen LogP contribution is 2.29. The third kappa shape index (κ3) is 5.64. The Balaban J connectivity index is 2.74. The first kappa shape index (κ1) is 18.5. The highest BCUT2D eigenvalue weighted by atomic mass is 35.5. The number of ether oxygens (including phenoxy) is 2. The van der Waals surface area contributed by atoms with Gasteiger partial charge in [0.2, 0.25) is 0 Å². The normalized spacial score (nSPS) is 13.3. The number of nitrogens with one attached hydrogen (secondary N) is 1. The first-order valence-electron chi connectivity index (χ1n) is 6.51. The van der Waals surface area contributed by atoms with Crippen LogP contribution in [0.5, 0.6) is 5.75 Å². The van der Waals surface area contributed by atoms with E-state index in [1.165, 1.54) is 19.2 Å². The van der Waals surface area contributed by atoms with Crippen molar-refractivity contribution < 1.29 is 18.4 Å². The fraction of sp³-hybridized carbons (Fsp3) is 0.571. The maximum Gasteiger partial charge on any atom is 0.188 e. The van der Waals surface area contributed by atoms with Crippen LogP contribution in [0.3, 0.4) is 0 Å². The minimum absolute atomic E-state index is 0.0203. The molecule has 0 heterocycles. The van der Waals surface area contributed by atoms with Gasteiger partial charge in [-0.15, -0.1) is 4.72 Å². The zero-order valence-corrected chi connectivity index (χ0v) is 14.2. The van der Waals surface area contributed by atoms with Crippen LogP contribution in [-0.2, 0) is 22.5 Å². The van der Waals surface area contributed by atoms with Gasteiger partial charge in [-0.3, -0.25) is 0 Å². The topological polar surface area (TPSA) is 53.5 Å². The van der Waals surface area contributed by atoms with Crippen molar-refractivity contribution in [3.8, 4) is 5.75 Å². The highest BCUT2D eigenvalue weighted by Gasteiger charge is 2.26. The average molecular weight is 338 g/mol. The predicted octanol–water partition coefficient (Wildman–Crippen LogP) is 3.06. The lowest BCUT2D eigenvalue weighted by atomic mass is 10.1. The van der Waals surface area contributed by atoms with Crippen LogP contribution in [0.25, 0.3) is 0 Å². The number of methoxy groups -OCH3 is 1. The minimum atomic E-state index is -1.19. The fourth-order valence-electron chi connectivity index (χ4n) is 1.55. The number of hydrogen-bond donors (Lipinski definition) is 1. The summed E-state index contributed by atoms with van der Waals surface area (Å²) in [4.78, 5) is 0. The Hall–Kier alpha value is -0.530. The molecule has 0 saturated heterocycles. The van der Waals surface area contributed by atoms with E-state index in [0.29, 0.717) is 24.3 Å². The van der Waals surface area contributed by atoms with Crippen molar-refractivity contribution in [2.45, 2.75) is 31.9 Å². The van der Waals surface area contributed by atoms with Gasteiger partial charge in [0.05, 0.1) is 5.02 Å². The largest absolute Gasteiger partial charge is 0.598 e. The van der Waals surface area contributed by atoms with E-state index < -0.39 is 17.2 Å². The summed E-state index contributed by atoms with van der Waals surface area (Å²) in [5.74, 6) is -0.0417. The second-order valence-corrected chi connectivity index (χ2v) is 7.84. The molecule has 0 aliphatic heterocycles. The number of halogens is 2. The van der Waals surface area contributed by atoms with Gasteiger partial charge in [-0.25, -0.2) is 4.39 Å². The average Bonchev–Trinajstić information content (AvgIpc) is 2.41. The lowest BCUT2D eigenvalue weighted by Gasteiger charge is -2.23. The minimum Gasteiger partial charge on any atom is -0.598 e. The van der Waals surface area contributed by atoms with Crippen molar-refractivity contribution in [1.29, 1.82) is 0 Å². The Morgan fingerprint density at radius 3 is 2.62 bits per heavy atom. The van der Waals surface area contributed by atoms with Gasteiger partial charge in [0, 0.05) is 30.6 Å². The molecule has 1 N–H and O–H groups in total. The highest BCUT2D eigenvalue weighted by molar-refractivity contribution is 7.90. The molecule has 0 aromatic heterocycles. The first-order valence-corrected chi connectivity index (χ1v) is 8.04. The van der Waals surface area contributed by atoms with E-state index in [1.807, 2.05) is 20.8 Å². The third-order valence-corrected chi connectivity index (χ3v) is 4.64. The summed E-state index contributed by atoms with van der Waals surface area (Å²) in [6.45, 7) is 6.07. The molecule has 1 rings (SSSR count). The summed E-state index contributed by atoms with van der Waals surface area (Å²) in [5.41, 5.74) is 0.534. The second-order valence-electron chi connectivity index (χ2n) is 5.41. The summed E-state index contributed by atoms with van der Waals surface area (Å²) in [6.07, 6.45) is 0.400. The van der Waals surface area contributed by atoms with E-state index in [9.17, 15) is 8.94 Å². The fourth-order valence-corrected chi connectivity index (χ4v) is 2.52. The summed E-state index contributed by atoms with van der Waals surface area (Å²) in [6, 6.07) is 2.76. The van der Waals surface area contributed by atoms with E-state index in [0.717, 1.165) is 0 Å². The molecular formula is C14H21ClFNO3S. The van der Waals surface area contributed by atoms with E-state index in [-0.39, 0.29) is 16.6 Å². The third-order valence-electron chi connectivity index (χ3n) is 2.65.